The Bertz CT molecular complexity index is 742. The van der Waals surface area contributed by atoms with Crippen LogP contribution in [-0.2, 0) is 21.6 Å². The second-order valence-corrected chi connectivity index (χ2v) is 5.77. The Morgan fingerprint density at radius 2 is 1.88 bits per heavy atom. The first-order valence-corrected chi connectivity index (χ1v) is 8.48. The minimum Gasteiger partial charge on any atom is -0.726 e. The molecule has 0 saturated carbocycles. The zero-order valence-corrected chi connectivity index (χ0v) is 14.9. The Kier molecular flexibility index (Phi) is 10.1. The molecule has 1 aromatic heterocycles. The Labute approximate surface area is 146 Å². The predicted molar refractivity (Wildman–Crippen MR) is 87.2 cm³/mol. The number of aryl methyl sites for hydroxylation is 1. The summed E-state index contributed by atoms with van der Waals surface area (Å²) < 4.78 is 32.9. The highest BCUT2D eigenvalue weighted by Gasteiger charge is 2.07. The highest BCUT2D eigenvalue weighted by molar-refractivity contribution is 7.80. The zero-order valence-electron chi connectivity index (χ0n) is 14.1. The first-order valence-electron chi connectivity index (χ1n) is 7.15. The van der Waals surface area contributed by atoms with Crippen molar-refractivity contribution in [3.63, 3.8) is 0 Å². The molecule has 1 heterocycles. The summed E-state index contributed by atoms with van der Waals surface area (Å²) in [6.07, 6.45) is 1.54. The fourth-order valence-corrected chi connectivity index (χ4v) is 1.64. The van der Waals surface area contributed by atoms with Crippen molar-refractivity contribution < 1.29 is 36.7 Å². The van der Waals surface area contributed by atoms with Crippen LogP contribution in [0.4, 0.5) is 4.79 Å². The van der Waals surface area contributed by atoms with Gasteiger partial charge in [0.15, 0.2) is 11.9 Å². The molecule has 0 bridgehead atoms. The van der Waals surface area contributed by atoms with Gasteiger partial charge in [0, 0.05) is 12.6 Å². The Balaban J connectivity index is 0.000000383. The van der Waals surface area contributed by atoms with Gasteiger partial charge in [-0.25, -0.2) is 8.42 Å². The molecule has 9 nitrogen and oxygen atoms in total. The zero-order chi connectivity index (χ0) is 19.5. The summed E-state index contributed by atoms with van der Waals surface area (Å²) >= 11 is 0. The van der Waals surface area contributed by atoms with Gasteiger partial charge < -0.3 is 24.9 Å². The standard InChI is InChI=1S/C10H9NO.C4H9NO2.CH4O4S/c1-11-7-3-5-8-4-2-6-9(12)10(8)11;1-2-3-5-4(6)7;1-5-6(2,3)4/h2-7H,1H3;5H,2-3H2,1H3,(H,6,7);1H3,(H,2,3,4)/p-1. The molecule has 0 aliphatic heterocycles. The van der Waals surface area contributed by atoms with Crippen LogP contribution in [0.25, 0.3) is 10.9 Å². The largest absolute Gasteiger partial charge is 0.726 e. The van der Waals surface area contributed by atoms with E-state index >= 15 is 0 Å². The molecule has 10 heteroatoms. The van der Waals surface area contributed by atoms with E-state index in [0.29, 0.717) is 12.3 Å². The van der Waals surface area contributed by atoms with Gasteiger partial charge >= 0.3 is 0 Å². The smallest absolute Gasteiger partial charge is 0.254 e. The summed E-state index contributed by atoms with van der Waals surface area (Å²) in [6.45, 7) is 2.37. The van der Waals surface area contributed by atoms with Crippen LogP contribution in [0, 0.1) is 0 Å². The van der Waals surface area contributed by atoms with E-state index in [-0.39, 0.29) is 0 Å². The third-order valence-electron chi connectivity index (χ3n) is 2.71. The number of phenols is 1. The van der Waals surface area contributed by atoms with Crippen molar-refractivity contribution in [2.75, 3.05) is 13.7 Å². The number of amides is 1. The first-order chi connectivity index (χ1) is 11.6. The first kappa shape index (κ1) is 22.6. The van der Waals surface area contributed by atoms with Crippen molar-refractivity contribution >= 4 is 27.4 Å². The Morgan fingerprint density at radius 1 is 1.32 bits per heavy atom. The van der Waals surface area contributed by atoms with Crippen LogP contribution < -0.4 is 15.0 Å². The van der Waals surface area contributed by atoms with Crippen molar-refractivity contribution in [3.8, 4) is 5.75 Å². The fourth-order valence-electron chi connectivity index (χ4n) is 1.64. The summed E-state index contributed by atoms with van der Waals surface area (Å²) in [4.78, 5) is 9.54. The fraction of sp³-hybridized carbons (Fsp3) is 0.333. The number of carbonyl (C=O) groups is 1. The van der Waals surface area contributed by atoms with E-state index in [2.05, 4.69) is 9.50 Å². The topological polar surface area (TPSA) is 143 Å². The number of rotatable bonds is 3. The monoisotopic (exact) mass is 373 g/mol. The molecule has 140 valence electrons. The molecule has 0 aliphatic carbocycles. The molecule has 0 saturated heterocycles. The molecule has 0 fully saturated rings. The van der Waals surface area contributed by atoms with E-state index in [1.165, 1.54) is 0 Å². The number of phenolic OH excluding ortho intramolecular Hbond substituents is 1. The summed E-state index contributed by atoms with van der Waals surface area (Å²) in [5, 5.41) is 22.2. The lowest BCUT2D eigenvalue weighted by Gasteiger charge is -2.01. The summed E-state index contributed by atoms with van der Waals surface area (Å²) in [6, 6.07) is 9.46. The molecule has 25 heavy (non-hydrogen) atoms. The predicted octanol–water partition coefficient (Wildman–Crippen LogP) is -0.208. The lowest BCUT2D eigenvalue weighted by molar-refractivity contribution is -0.645. The van der Waals surface area contributed by atoms with E-state index in [9.17, 15) is 28.0 Å². The average Bonchev–Trinajstić information content (AvgIpc) is 2.54. The van der Waals surface area contributed by atoms with Gasteiger partial charge in [-0.3, -0.25) is 4.18 Å². The maximum atomic E-state index is 9.54. The number of carbonyl (C=O) groups excluding carboxylic acids is 1. The van der Waals surface area contributed by atoms with Crippen LogP contribution in [0.1, 0.15) is 13.3 Å². The summed E-state index contributed by atoms with van der Waals surface area (Å²) in [7, 11) is -1.69. The van der Waals surface area contributed by atoms with E-state index < -0.39 is 16.5 Å². The van der Waals surface area contributed by atoms with Gasteiger partial charge in [-0.1, -0.05) is 13.0 Å². The highest BCUT2D eigenvalue weighted by atomic mass is 32.3. The maximum absolute atomic E-state index is 9.54. The van der Waals surface area contributed by atoms with Gasteiger partial charge in [-0.2, -0.15) is 4.57 Å². The maximum Gasteiger partial charge on any atom is 0.254 e. The van der Waals surface area contributed by atoms with Crippen LogP contribution in [0.3, 0.4) is 0 Å². The summed E-state index contributed by atoms with van der Waals surface area (Å²) in [5.74, 6) is 0.329. The quantitative estimate of drug-likeness (QED) is 0.430. The minimum atomic E-state index is -4.41. The lowest BCUT2D eigenvalue weighted by atomic mass is 10.2. The number of pyridine rings is 1. The van der Waals surface area contributed by atoms with Gasteiger partial charge in [-0.15, -0.1) is 0 Å². The number of nitrogens with zero attached hydrogens (tertiary/aromatic N) is 1. The molecule has 1 aromatic carbocycles. The van der Waals surface area contributed by atoms with Gasteiger partial charge in [0.1, 0.15) is 13.1 Å². The van der Waals surface area contributed by atoms with Crippen LogP contribution in [-0.4, -0.2) is 37.8 Å². The highest BCUT2D eigenvalue weighted by Crippen LogP contribution is 2.19. The van der Waals surface area contributed by atoms with Crippen molar-refractivity contribution in [3.05, 3.63) is 36.5 Å². The second kappa shape index (κ2) is 11.2. The van der Waals surface area contributed by atoms with E-state index in [1.807, 2.05) is 49.0 Å². The molecular weight excluding hydrogens is 352 g/mol. The number of carboxylic acid groups (broad SMARTS) is 1. The number of benzene rings is 1. The van der Waals surface area contributed by atoms with Crippen LogP contribution in [0.15, 0.2) is 36.5 Å². The van der Waals surface area contributed by atoms with Crippen LogP contribution >= 0.6 is 0 Å². The number of hydrogen-bond acceptors (Lipinski definition) is 7. The van der Waals surface area contributed by atoms with Crippen molar-refractivity contribution in [2.45, 2.75) is 13.3 Å². The molecule has 2 aromatic rings. The molecule has 1 amide bonds. The van der Waals surface area contributed by atoms with Crippen molar-refractivity contribution in [2.24, 2.45) is 7.05 Å². The average molecular weight is 373 g/mol. The molecule has 0 radical (unpaired) electrons. The normalized spacial score (nSPS) is 10.1. The third-order valence-corrected chi connectivity index (χ3v) is 3.12. The third kappa shape index (κ3) is 10.1. The molecule has 2 N–H and O–H groups in total. The van der Waals surface area contributed by atoms with Crippen molar-refractivity contribution in [1.82, 2.24) is 5.32 Å². The van der Waals surface area contributed by atoms with E-state index in [4.69, 9.17) is 0 Å². The second-order valence-electron chi connectivity index (χ2n) is 4.62. The van der Waals surface area contributed by atoms with Gasteiger partial charge in [0.25, 0.3) is 5.52 Å². The lowest BCUT2D eigenvalue weighted by Crippen LogP contribution is -2.36. The number of fused-ring (bicyclic) bond motifs is 1. The SMILES string of the molecule is CCCNC(=O)[O-].COS(=O)(=O)[O-].C[n+]1cccc2cccc(O)c21. The summed E-state index contributed by atoms with van der Waals surface area (Å²) in [5.41, 5.74) is 0.875. The Hall–Kier alpha value is -2.43. The molecular formula is C15H21N2O7S-. The number of aromatic hydroxyl groups is 1. The molecule has 2 rings (SSSR count). The number of hydrogen-bond donors (Lipinski definition) is 2. The molecule has 0 spiro atoms. The van der Waals surface area contributed by atoms with Gasteiger partial charge in [-0.05, 0) is 24.6 Å². The van der Waals surface area contributed by atoms with Crippen LogP contribution in [0.2, 0.25) is 0 Å². The van der Waals surface area contributed by atoms with Gasteiger partial charge in [0.2, 0.25) is 10.4 Å². The van der Waals surface area contributed by atoms with Crippen molar-refractivity contribution in [1.29, 1.82) is 0 Å². The minimum absolute atomic E-state index is 0.329. The number of para-hydroxylation sites is 1. The Morgan fingerprint density at radius 3 is 2.28 bits per heavy atom. The van der Waals surface area contributed by atoms with Crippen LogP contribution in [0.5, 0.6) is 5.75 Å². The van der Waals surface area contributed by atoms with E-state index in [0.717, 1.165) is 24.4 Å². The van der Waals surface area contributed by atoms with Gasteiger partial charge in [0.05, 0.1) is 12.5 Å². The molecule has 0 atom stereocenters. The number of aromatic nitrogens is 1. The molecule has 0 aliphatic rings. The number of nitrogens with one attached hydrogen (secondary N) is 1. The van der Waals surface area contributed by atoms with E-state index in [1.54, 1.807) is 6.07 Å². The molecule has 0 unspecified atom stereocenters.